The van der Waals surface area contributed by atoms with Crippen molar-refractivity contribution in [2.45, 2.75) is 111 Å². The van der Waals surface area contributed by atoms with Crippen molar-refractivity contribution in [3.05, 3.63) is 29.8 Å². The Labute approximate surface area is 210 Å². The topological polar surface area (TPSA) is 108 Å². The highest BCUT2D eigenvalue weighted by Crippen LogP contribution is 2.34. The van der Waals surface area contributed by atoms with E-state index in [4.69, 9.17) is 4.74 Å². The van der Waals surface area contributed by atoms with Gasteiger partial charge in [-0.05, 0) is 78.5 Å². The second-order valence-electron chi connectivity index (χ2n) is 11.0. The average molecular weight is 492 g/mol. The number of phenolic OH excluding ortho intramolecular Hbond substituents is 1. The third-order valence-corrected chi connectivity index (χ3v) is 6.05. The van der Waals surface area contributed by atoms with E-state index in [9.17, 15) is 19.5 Å². The molecule has 0 aliphatic heterocycles. The Balaban J connectivity index is 3.64. The summed E-state index contributed by atoms with van der Waals surface area (Å²) in [5.74, 6) is -0.845. The predicted molar refractivity (Wildman–Crippen MR) is 138 cm³/mol. The molecular formula is C27H45N3O5. The normalized spacial score (nSPS) is 14.6. The summed E-state index contributed by atoms with van der Waals surface area (Å²) < 4.78 is 5.44. The van der Waals surface area contributed by atoms with Gasteiger partial charge in [-0.25, -0.2) is 4.79 Å². The molecular weight excluding hydrogens is 446 g/mol. The molecule has 0 aliphatic carbocycles. The van der Waals surface area contributed by atoms with E-state index < -0.39 is 29.3 Å². The minimum atomic E-state index is -0.965. The fourth-order valence-electron chi connectivity index (χ4n) is 3.65. The number of phenols is 1. The lowest BCUT2D eigenvalue weighted by molar-refractivity contribution is -0.150. The first-order chi connectivity index (χ1) is 16.0. The van der Waals surface area contributed by atoms with Crippen LogP contribution in [0, 0.1) is 5.92 Å². The second-order valence-corrected chi connectivity index (χ2v) is 11.0. The number of alkyl carbamates (subject to hydrolysis) is 1. The molecule has 0 spiro atoms. The van der Waals surface area contributed by atoms with Crippen molar-refractivity contribution in [2.24, 2.45) is 5.92 Å². The summed E-state index contributed by atoms with van der Waals surface area (Å²) in [4.78, 5) is 42.0. The molecule has 0 heterocycles. The molecule has 0 saturated carbocycles. The number of hydrogen-bond acceptors (Lipinski definition) is 5. The van der Waals surface area contributed by atoms with Crippen molar-refractivity contribution in [1.29, 1.82) is 0 Å². The number of benzene rings is 1. The number of carbonyl (C=O) groups excluding carboxylic acids is 3. The Bertz CT molecular complexity index is 859. The minimum absolute atomic E-state index is 0.0634. The smallest absolute Gasteiger partial charge is 0.408 e. The largest absolute Gasteiger partial charge is 0.508 e. The van der Waals surface area contributed by atoms with Gasteiger partial charge in [-0.3, -0.25) is 9.59 Å². The Morgan fingerprint density at radius 2 is 1.51 bits per heavy atom. The van der Waals surface area contributed by atoms with Crippen LogP contribution in [0.3, 0.4) is 0 Å². The quantitative estimate of drug-likeness (QED) is 0.431. The number of carbonyl (C=O) groups is 3. The van der Waals surface area contributed by atoms with E-state index in [1.165, 1.54) is 12.1 Å². The van der Waals surface area contributed by atoms with Gasteiger partial charge in [0.05, 0.1) is 0 Å². The summed E-state index contributed by atoms with van der Waals surface area (Å²) in [5.41, 5.74) is -0.882. The van der Waals surface area contributed by atoms with Crippen LogP contribution in [0.25, 0.3) is 0 Å². The summed E-state index contributed by atoms with van der Waals surface area (Å²) in [6.45, 7) is 18.6. The molecule has 3 amide bonds. The van der Waals surface area contributed by atoms with Crippen LogP contribution in [0.2, 0.25) is 0 Å². The van der Waals surface area contributed by atoms with Gasteiger partial charge in [-0.15, -0.1) is 0 Å². The molecule has 0 aliphatic rings. The Morgan fingerprint density at radius 3 is 1.94 bits per heavy atom. The molecule has 0 radical (unpaired) electrons. The van der Waals surface area contributed by atoms with Crippen molar-refractivity contribution >= 4 is 17.9 Å². The molecule has 3 N–H and O–H groups in total. The van der Waals surface area contributed by atoms with E-state index in [1.54, 1.807) is 37.8 Å². The number of aromatic hydroxyl groups is 1. The Kier molecular flexibility index (Phi) is 10.6. The highest BCUT2D eigenvalue weighted by molar-refractivity contribution is 5.93. The number of hydrogen-bond donors (Lipinski definition) is 3. The van der Waals surface area contributed by atoms with Crippen molar-refractivity contribution in [3.63, 3.8) is 0 Å². The first-order valence-electron chi connectivity index (χ1n) is 12.5. The van der Waals surface area contributed by atoms with Gasteiger partial charge in [-0.1, -0.05) is 39.3 Å². The third-order valence-electron chi connectivity index (χ3n) is 6.05. The van der Waals surface area contributed by atoms with Crippen LogP contribution in [-0.2, 0) is 14.3 Å². The van der Waals surface area contributed by atoms with E-state index in [1.807, 2.05) is 48.5 Å². The molecule has 0 saturated heterocycles. The van der Waals surface area contributed by atoms with E-state index in [-0.39, 0.29) is 29.5 Å². The molecule has 1 rings (SSSR count). The summed E-state index contributed by atoms with van der Waals surface area (Å²) in [5, 5.41) is 15.5. The summed E-state index contributed by atoms with van der Waals surface area (Å²) in [7, 11) is 0. The molecule has 3 unspecified atom stereocenters. The van der Waals surface area contributed by atoms with Crippen molar-refractivity contribution < 1.29 is 24.2 Å². The van der Waals surface area contributed by atoms with Crippen molar-refractivity contribution in [1.82, 2.24) is 15.5 Å². The molecule has 35 heavy (non-hydrogen) atoms. The lowest BCUT2D eigenvalue weighted by Crippen LogP contribution is -2.61. The number of nitrogens with zero attached hydrogens (tertiary/aromatic N) is 1. The number of ether oxygens (including phenoxy) is 1. The second kappa shape index (κ2) is 12.3. The third kappa shape index (κ3) is 8.75. The molecule has 3 atom stereocenters. The van der Waals surface area contributed by atoms with Crippen LogP contribution in [-0.4, -0.2) is 51.1 Å². The van der Waals surface area contributed by atoms with Gasteiger partial charge in [0.2, 0.25) is 11.8 Å². The first-order valence-corrected chi connectivity index (χ1v) is 12.5. The lowest BCUT2D eigenvalue weighted by atomic mass is 9.89. The van der Waals surface area contributed by atoms with Crippen LogP contribution >= 0.6 is 0 Å². The molecule has 0 bridgehead atoms. The number of nitrogens with one attached hydrogen (secondary N) is 2. The van der Waals surface area contributed by atoms with E-state index in [2.05, 4.69) is 10.6 Å². The van der Waals surface area contributed by atoms with Gasteiger partial charge >= 0.3 is 6.09 Å². The van der Waals surface area contributed by atoms with Crippen LogP contribution in [0.1, 0.15) is 93.7 Å². The minimum Gasteiger partial charge on any atom is -0.508 e. The maximum absolute atomic E-state index is 14.2. The number of rotatable bonds is 10. The maximum Gasteiger partial charge on any atom is 0.408 e. The van der Waals surface area contributed by atoms with Gasteiger partial charge in [0.15, 0.2) is 0 Å². The van der Waals surface area contributed by atoms with E-state index >= 15 is 0 Å². The molecule has 8 heteroatoms. The van der Waals surface area contributed by atoms with Gasteiger partial charge in [0.1, 0.15) is 23.4 Å². The lowest BCUT2D eigenvalue weighted by Gasteiger charge is -2.45. The van der Waals surface area contributed by atoms with Crippen molar-refractivity contribution in [2.75, 3.05) is 0 Å². The summed E-state index contributed by atoms with van der Waals surface area (Å²) >= 11 is 0. The van der Waals surface area contributed by atoms with Crippen LogP contribution in [0.15, 0.2) is 24.3 Å². The Morgan fingerprint density at radius 1 is 0.971 bits per heavy atom. The van der Waals surface area contributed by atoms with Gasteiger partial charge < -0.3 is 25.4 Å². The van der Waals surface area contributed by atoms with Crippen LogP contribution in [0.5, 0.6) is 5.75 Å². The van der Waals surface area contributed by atoms with E-state index in [0.29, 0.717) is 18.4 Å². The number of amides is 3. The highest BCUT2D eigenvalue weighted by Gasteiger charge is 2.44. The highest BCUT2D eigenvalue weighted by atomic mass is 16.6. The zero-order valence-corrected chi connectivity index (χ0v) is 23.1. The zero-order chi connectivity index (χ0) is 27.1. The van der Waals surface area contributed by atoms with Gasteiger partial charge in [-0.2, -0.15) is 0 Å². The fourth-order valence-corrected chi connectivity index (χ4v) is 3.65. The predicted octanol–water partition coefficient (Wildman–Crippen LogP) is 4.91. The molecule has 8 nitrogen and oxygen atoms in total. The standard InChI is InChI=1S/C27H45N3O5/c1-11-18(5)21(29-25(34)35-26(6,7)8)24(33)30(27(9,10)12-2)22(23(32)28-17(3)4)19-13-15-20(31)16-14-19/h13-18,21-22,31H,11-12H2,1-10H3,(H,28,32)(H,29,34). The molecule has 0 fully saturated rings. The molecule has 1 aromatic carbocycles. The average Bonchev–Trinajstić information content (AvgIpc) is 2.73. The fraction of sp³-hybridized carbons (Fsp3) is 0.667. The molecule has 1 aromatic rings. The Hall–Kier alpha value is -2.77. The monoisotopic (exact) mass is 491 g/mol. The van der Waals surface area contributed by atoms with Crippen molar-refractivity contribution in [3.8, 4) is 5.75 Å². The first kappa shape index (κ1) is 30.3. The molecule has 198 valence electrons. The van der Waals surface area contributed by atoms with Gasteiger partial charge in [0.25, 0.3) is 0 Å². The van der Waals surface area contributed by atoms with Crippen LogP contribution in [0.4, 0.5) is 4.79 Å². The summed E-state index contributed by atoms with van der Waals surface area (Å²) in [6.07, 6.45) is 0.523. The SMILES string of the molecule is CCC(C)C(NC(=O)OC(C)(C)C)C(=O)N(C(C(=O)NC(C)C)c1ccc(O)cc1)C(C)(C)CC. The summed E-state index contributed by atoms with van der Waals surface area (Å²) in [6, 6.07) is 4.28. The van der Waals surface area contributed by atoms with Crippen LogP contribution < -0.4 is 10.6 Å². The van der Waals surface area contributed by atoms with E-state index in [0.717, 1.165) is 0 Å². The van der Waals surface area contributed by atoms with Gasteiger partial charge in [0, 0.05) is 11.6 Å². The maximum atomic E-state index is 14.2. The zero-order valence-electron chi connectivity index (χ0n) is 23.1. The molecule has 0 aromatic heterocycles.